The van der Waals surface area contributed by atoms with E-state index in [0.717, 1.165) is 9.58 Å². The molecular weight excluding hydrogens is 296 g/mol. The molecule has 1 fully saturated rings. The third-order valence-corrected chi connectivity index (χ3v) is 3.29. The summed E-state index contributed by atoms with van der Waals surface area (Å²) in [7, 11) is 0. The maximum absolute atomic E-state index is 14.3. The number of ether oxygens (including phenoxy) is 1. The van der Waals surface area contributed by atoms with Crippen LogP contribution >= 0.6 is 0 Å². The summed E-state index contributed by atoms with van der Waals surface area (Å²) in [6.07, 6.45) is 2.36. The third kappa shape index (κ3) is 3.61. The first-order valence-electron chi connectivity index (χ1n) is 6.97. The zero-order valence-electron chi connectivity index (χ0n) is 12.8. The van der Waals surface area contributed by atoms with E-state index in [9.17, 15) is 18.4 Å². The number of amides is 1. The number of hydrogen-bond donors (Lipinski definition) is 0. The highest BCUT2D eigenvalue weighted by molar-refractivity contribution is 5.73. The average Bonchev–Trinajstić information content (AvgIpc) is 2.83. The molecule has 1 atom stereocenters. The Morgan fingerprint density at radius 3 is 2.68 bits per heavy atom. The summed E-state index contributed by atoms with van der Waals surface area (Å²) in [5, 5.41) is 3.81. The van der Waals surface area contributed by atoms with Gasteiger partial charge in [0, 0.05) is 12.7 Å². The molecule has 0 aromatic carbocycles. The molecule has 1 aliphatic heterocycles. The summed E-state index contributed by atoms with van der Waals surface area (Å²) in [6, 6.07) is -1.18. The van der Waals surface area contributed by atoms with Gasteiger partial charge in [0.2, 0.25) is 0 Å². The second kappa shape index (κ2) is 5.66. The summed E-state index contributed by atoms with van der Waals surface area (Å²) in [5.41, 5.74) is -0.491. The van der Waals surface area contributed by atoms with E-state index in [-0.39, 0.29) is 18.5 Å². The quantitative estimate of drug-likeness (QED) is 0.787. The minimum Gasteiger partial charge on any atom is -0.444 e. The van der Waals surface area contributed by atoms with E-state index in [4.69, 9.17) is 4.74 Å². The Morgan fingerprint density at radius 2 is 2.18 bits per heavy atom. The van der Waals surface area contributed by atoms with Gasteiger partial charge in [0.25, 0.3) is 5.92 Å². The number of nitrogens with zero attached hydrogens (tertiary/aromatic N) is 3. The Bertz CT molecular complexity index is 566. The number of hydrogen-bond acceptors (Lipinski definition) is 4. The van der Waals surface area contributed by atoms with Gasteiger partial charge >= 0.3 is 6.09 Å². The summed E-state index contributed by atoms with van der Waals surface area (Å²) in [4.78, 5) is 23.5. The third-order valence-electron chi connectivity index (χ3n) is 3.29. The topological polar surface area (TPSA) is 64.4 Å². The highest BCUT2D eigenvalue weighted by Gasteiger charge is 2.48. The van der Waals surface area contributed by atoms with Crippen LogP contribution in [-0.2, 0) is 4.74 Å². The number of carbonyl (C=O) groups excluding carboxylic acids is 2. The van der Waals surface area contributed by atoms with Gasteiger partial charge in [-0.05, 0) is 27.2 Å². The summed E-state index contributed by atoms with van der Waals surface area (Å²) in [5.74, 6) is -3.15. The van der Waals surface area contributed by atoms with Gasteiger partial charge in [0.15, 0.2) is 6.29 Å². The summed E-state index contributed by atoms with van der Waals surface area (Å²) in [6.45, 7) is 4.45. The lowest BCUT2D eigenvalue weighted by molar-refractivity contribution is -0.106. The van der Waals surface area contributed by atoms with Crippen molar-refractivity contribution >= 4 is 12.4 Å². The predicted octanol–water partition coefficient (Wildman–Crippen LogP) is 2.51. The number of carbonyl (C=O) groups is 2. The normalized spacial score (nSPS) is 21.5. The van der Waals surface area contributed by atoms with Crippen LogP contribution in [0.5, 0.6) is 0 Å². The fraction of sp³-hybridized carbons (Fsp3) is 0.643. The van der Waals surface area contributed by atoms with Crippen molar-refractivity contribution in [1.29, 1.82) is 0 Å². The number of halogens is 2. The van der Waals surface area contributed by atoms with Crippen LogP contribution in [0.3, 0.4) is 0 Å². The van der Waals surface area contributed by atoms with Crippen molar-refractivity contribution in [3.8, 4) is 0 Å². The Kier molecular flexibility index (Phi) is 4.21. The van der Waals surface area contributed by atoms with Crippen LogP contribution in [0.1, 0.15) is 43.6 Å². The van der Waals surface area contributed by atoms with Crippen LogP contribution < -0.4 is 0 Å². The highest BCUT2D eigenvalue weighted by atomic mass is 19.3. The first-order chi connectivity index (χ1) is 10.1. The fourth-order valence-corrected chi connectivity index (χ4v) is 2.32. The molecule has 2 heterocycles. The van der Waals surface area contributed by atoms with E-state index in [2.05, 4.69) is 5.10 Å². The SMILES string of the molecule is CC(C)(C)OC(=O)N1CC[C@H](n2cc(C=O)cn2)C(F)(F)C1. The Balaban J connectivity index is 2.09. The van der Waals surface area contributed by atoms with E-state index in [0.29, 0.717) is 6.29 Å². The maximum atomic E-state index is 14.3. The van der Waals surface area contributed by atoms with E-state index in [1.807, 2.05) is 0 Å². The van der Waals surface area contributed by atoms with Gasteiger partial charge in [0.1, 0.15) is 11.6 Å². The van der Waals surface area contributed by atoms with Crippen LogP contribution in [0.2, 0.25) is 0 Å². The largest absolute Gasteiger partial charge is 0.444 e. The van der Waals surface area contributed by atoms with Gasteiger partial charge in [-0.1, -0.05) is 0 Å². The number of piperidine rings is 1. The smallest absolute Gasteiger partial charge is 0.410 e. The van der Waals surface area contributed by atoms with Crippen LogP contribution in [0.4, 0.5) is 13.6 Å². The van der Waals surface area contributed by atoms with Crippen molar-refractivity contribution in [3.63, 3.8) is 0 Å². The zero-order chi connectivity index (χ0) is 16.5. The van der Waals surface area contributed by atoms with E-state index >= 15 is 0 Å². The molecule has 8 heteroatoms. The number of rotatable bonds is 2. The van der Waals surface area contributed by atoms with E-state index in [1.54, 1.807) is 20.8 Å². The first-order valence-corrected chi connectivity index (χ1v) is 6.97. The number of alkyl halides is 2. The molecule has 0 unspecified atom stereocenters. The molecule has 0 radical (unpaired) electrons. The molecule has 0 N–H and O–H groups in total. The van der Waals surface area contributed by atoms with Gasteiger partial charge in [-0.15, -0.1) is 0 Å². The van der Waals surface area contributed by atoms with Crippen molar-refractivity contribution in [3.05, 3.63) is 18.0 Å². The van der Waals surface area contributed by atoms with E-state index in [1.165, 1.54) is 12.4 Å². The molecule has 122 valence electrons. The lowest BCUT2D eigenvalue weighted by Crippen LogP contribution is -2.52. The summed E-state index contributed by atoms with van der Waals surface area (Å²) < 4.78 is 34.8. The highest BCUT2D eigenvalue weighted by Crippen LogP contribution is 2.36. The minimum atomic E-state index is -3.15. The van der Waals surface area contributed by atoms with Gasteiger partial charge in [-0.3, -0.25) is 9.48 Å². The molecule has 6 nitrogen and oxygen atoms in total. The molecule has 1 aromatic heterocycles. The molecular formula is C14H19F2N3O3. The molecule has 1 aliphatic rings. The second-order valence-electron chi connectivity index (χ2n) is 6.34. The zero-order valence-corrected chi connectivity index (χ0v) is 12.8. The predicted molar refractivity (Wildman–Crippen MR) is 74.0 cm³/mol. The molecule has 1 amide bonds. The van der Waals surface area contributed by atoms with Gasteiger partial charge in [0.05, 0.1) is 18.3 Å². The van der Waals surface area contributed by atoms with Crippen molar-refractivity contribution in [2.24, 2.45) is 0 Å². The van der Waals surface area contributed by atoms with Crippen molar-refractivity contribution in [1.82, 2.24) is 14.7 Å². The maximum Gasteiger partial charge on any atom is 0.410 e. The molecule has 1 saturated heterocycles. The number of aromatic nitrogens is 2. The Morgan fingerprint density at radius 1 is 1.50 bits per heavy atom. The van der Waals surface area contributed by atoms with Crippen LogP contribution in [-0.4, -0.2) is 51.7 Å². The molecule has 0 aliphatic carbocycles. The Hall–Kier alpha value is -1.99. The standard InChI is InChI=1S/C14H19F2N3O3/c1-13(2,3)22-12(21)18-5-4-11(14(15,16)9-18)19-7-10(8-20)6-17-19/h6-8,11H,4-5,9H2,1-3H3/t11-/m0/s1. The first kappa shape index (κ1) is 16.4. The molecule has 22 heavy (non-hydrogen) atoms. The monoisotopic (exact) mass is 315 g/mol. The number of aldehydes is 1. The molecule has 0 spiro atoms. The van der Waals surface area contributed by atoms with Crippen LogP contribution in [0, 0.1) is 0 Å². The minimum absolute atomic E-state index is 0.0339. The lowest BCUT2D eigenvalue weighted by Gasteiger charge is -2.38. The van der Waals surface area contributed by atoms with Gasteiger partial charge in [-0.25, -0.2) is 13.6 Å². The van der Waals surface area contributed by atoms with Gasteiger partial charge in [-0.2, -0.15) is 5.10 Å². The number of likely N-dealkylation sites (tertiary alicyclic amines) is 1. The van der Waals surface area contributed by atoms with E-state index < -0.39 is 30.2 Å². The van der Waals surface area contributed by atoms with Crippen LogP contribution in [0.25, 0.3) is 0 Å². The Labute approximate surface area is 127 Å². The van der Waals surface area contributed by atoms with Crippen molar-refractivity contribution in [2.45, 2.75) is 44.8 Å². The molecule has 0 bridgehead atoms. The van der Waals surface area contributed by atoms with Crippen molar-refractivity contribution in [2.75, 3.05) is 13.1 Å². The fourth-order valence-electron chi connectivity index (χ4n) is 2.32. The average molecular weight is 315 g/mol. The molecule has 0 saturated carbocycles. The molecule has 2 rings (SSSR count). The summed E-state index contributed by atoms with van der Waals surface area (Å²) >= 11 is 0. The van der Waals surface area contributed by atoms with Gasteiger partial charge < -0.3 is 9.64 Å². The second-order valence-corrected chi connectivity index (χ2v) is 6.34. The molecule has 1 aromatic rings. The van der Waals surface area contributed by atoms with Crippen LogP contribution in [0.15, 0.2) is 12.4 Å². The van der Waals surface area contributed by atoms with Crippen molar-refractivity contribution < 1.29 is 23.1 Å². The lowest BCUT2D eigenvalue weighted by atomic mass is 10.0.